The smallest absolute Gasteiger partial charge is 0.462 e. The van der Waals surface area contributed by atoms with Crippen molar-refractivity contribution >= 4 is 26.0 Å². The second kappa shape index (κ2) is 25.9. The lowest BCUT2D eigenvalue weighted by atomic mass is 10.0. The van der Waals surface area contributed by atoms with Crippen LogP contribution >= 0.6 is 7.82 Å². The fourth-order valence-electron chi connectivity index (χ4n) is 3.71. The number of likely N-dealkylation sites (N-methyl/N-ethyl adjacent to an activating group) is 1. The predicted octanol–water partition coefficient (Wildman–Crippen LogP) is 5.64. The Morgan fingerprint density at radius 1 is 0.816 bits per heavy atom. The number of rotatable bonds is 28. The van der Waals surface area contributed by atoms with Crippen LogP contribution in [0.1, 0.15) is 116 Å². The molecule has 0 saturated carbocycles. The van der Waals surface area contributed by atoms with Gasteiger partial charge in [-0.25, -0.2) is 4.57 Å². The average Bonchev–Trinajstić information content (AvgIpc) is 2.88. The third kappa shape index (κ3) is 25.0. The Labute approximate surface area is 229 Å². The van der Waals surface area contributed by atoms with Crippen molar-refractivity contribution in [1.29, 1.82) is 0 Å². The Balaban J connectivity index is 4.16. The maximum absolute atomic E-state index is 12.1. The van der Waals surface area contributed by atoms with Gasteiger partial charge in [0.05, 0.1) is 13.2 Å². The Morgan fingerprint density at radius 3 is 1.92 bits per heavy atom. The van der Waals surface area contributed by atoms with E-state index in [1.165, 1.54) is 64.2 Å². The Morgan fingerprint density at radius 2 is 1.37 bits per heavy atom. The van der Waals surface area contributed by atoms with Gasteiger partial charge in [-0.2, -0.15) is 0 Å². The molecule has 0 amide bonds. The zero-order valence-electron chi connectivity index (χ0n) is 23.7. The summed E-state index contributed by atoms with van der Waals surface area (Å²) in [5.74, 6) is -1.04. The van der Waals surface area contributed by atoms with Gasteiger partial charge in [-0.1, -0.05) is 84.0 Å². The quantitative estimate of drug-likeness (QED) is 0.0530. The molecule has 0 bridgehead atoms. The Hall–Kier alpha value is -1.32. The first kappa shape index (κ1) is 36.7. The van der Waals surface area contributed by atoms with Crippen LogP contribution in [0.25, 0.3) is 0 Å². The van der Waals surface area contributed by atoms with E-state index in [4.69, 9.17) is 18.5 Å². The van der Waals surface area contributed by atoms with Gasteiger partial charge in [-0.15, -0.1) is 0 Å². The molecular formula is C27H52NO9P. The van der Waals surface area contributed by atoms with Crippen LogP contribution < -0.4 is 5.32 Å². The molecule has 0 saturated heterocycles. The van der Waals surface area contributed by atoms with Crippen molar-refractivity contribution < 1.29 is 42.4 Å². The molecule has 2 N–H and O–H groups in total. The van der Waals surface area contributed by atoms with E-state index >= 15 is 0 Å². The summed E-state index contributed by atoms with van der Waals surface area (Å²) in [5.41, 5.74) is 0. The molecule has 0 aromatic carbocycles. The summed E-state index contributed by atoms with van der Waals surface area (Å²) >= 11 is 0. The van der Waals surface area contributed by atoms with Crippen LogP contribution in [-0.4, -0.2) is 62.6 Å². The number of phosphoric ester groups is 1. The maximum atomic E-state index is 12.1. The van der Waals surface area contributed by atoms with E-state index in [9.17, 15) is 23.8 Å². The van der Waals surface area contributed by atoms with Crippen molar-refractivity contribution in [3.8, 4) is 0 Å². The number of esters is 2. The summed E-state index contributed by atoms with van der Waals surface area (Å²) in [7, 11) is -2.69. The predicted molar refractivity (Wildman–Crippen MR) is 147 cm³/mol. The summed E-state index contributed by atoms with van der Waals surface area (Å²) in [6.07, 6.45) is 16.2. The molecule has 0 aliphatic heterocycles. The summed E-state index contributed by atoms with van der Waals surface area (Å²) in [5, 5.41) is 2.77. The third-order valence-electron chi connectivity index (χ3n) is 5.95. The van der Waals surface area contributed by atoms with Gasteiger partial charge < -0.3 is 24.5 Å². The number of nitrogens with one attached hydrogen (secondary N) is 1. The second-order valence-electron chi connectivity index (χ2n) is 9.55. The number of hydrogen-bond acceptors (Lipinski definition) is 9. The fraction of sp³-hybridized carbons (Fsp3) is 0.889. The first-order valence-corrected chi connectivity index (χ1v) is 15.9. The topological polar surface area (TPSA) is 137 Å². The van der Waals surface area contributed by atoms with Crippen LogP contribution in [0.4, 0.5) is 0 Å². The van der Waals surface area contributed by atoms with E-state index in [0.717, 1.165) is 12.8 Å². The van der Waals surface area contributed by atoms with Crippen LogP contribution in [0.2, 0.25) is 0 Å². The molecule has 0 aromatic rings. The van der Waals surface area contributed by atoms with Gasteiger partial charge in [0.1, 0.15) is 12.9 Å². The summed E-state index contributed by atoms with van der Waals surface area (Å²) < 4.78 is 32.2. The molecule has 0 rings (SSSR count). The van der Waals surface area contributed by atoms with Gasteiger partial charge in [0, 0.05) is 25.8 Å². The SMILES string of the molecule is CCCCCCCCCCCCCCCC(=O)OC[C@H](COP(=O)(O)OCCNC)OC(=O)CCCC=O. The van der Waals surface area contributed by atoms with Crippen molar-refractivity contribution in [3.05, 3.63) is 0 Å². The van der Waals surface area contributed by atoms with Crippen LogP contribution in [0.3, 0.4) is 0 Å². The van der Waals surface area contributed by atoms with Crippen LogP contribution in [0.15, 0.2) is 0 Å². The average molecular weight is 566 g/mol. The van der Waals surface area contributed by atoms with E-state index in [0.29, 0.717) is 25.7 Å². The number of carbonyl (C=O) groups is 3. The minimum Gasteiger partial charge on any atom is -0.462 e. The summed E-state index contributed by atoms with van der Waals surface area (Å²) in [4.78, 5) is 44.3. The summed E-state index contributed by atoms with van der Waals surface area (Å²) in [6, 6.07) is 0. The molecule has 1 unspecified atom stereocenters. The lowest BCUT2D eigenvalue weighted by Crippen LogP contribution is -2.29. The highest BCUT2D eigenvalue weighted by atomic mass is 31.2. The van der Waals surface area contributed by atoms with Crippen molar-refractivity contribution in [2.75, 3.05) is 33.4 Å². The maximum Gasteiger partial charge on any atom is 0.472 e. The Bertz CT molecular complexity index is 648. The number of carbonyl (C=O) groups excluding carboxylic acids is 3. The van der Waals surface area contributed by atoms with Crippen LogP contribution in [-0.2, 0) is 37.5 Å². The molecule has 224 valence electrons. The second-order valence-corrected chi connectivity index (χ2v) is 11.0. The third-order valence-corrected chi connectivity index (χ3v) is 6.93. The molecular weight excluding hydrogens is 513 g/mol. The normalized spacial score (nSPS) is 13.6. The van der Waals surface area contributed by atoms with E-state index < -0.39 is 32.5 Å². The van der Waals surface area contributed by atoms with E-state index in [-0.39, 0.29) is 32.5 Å². The molecule has 10 nitrogen and oxygen atoms in total. The largest absolute Gasteiger partial charge is 0.472 e. The number of ether oxygens (including phenoxy) is 2. The first-order chi connectivity index (χ1) is 18.3. The zero-order valence-corrected chi connectivity index (χ0v) is 24.6. The van der Waals surface area contributed by atoms with Gasteiger partial charge in [0.15, 0.2) is 6.10 Å². The molecule has 2 atom stereocenters. The van der Waals surface area contributed by atoms with Gasteiger partial charge in [0.25, 0.3) is 0 Å². The fourth-order valence-corrected chi connectivity index (χ4v) is 4.46. The lowest BCUT2D eigenvalue weighted by Gasteiger charge is -2.20. The number of unbranched alkanes of at least 4 members (excludes halogenated alkanes) is 13. The summed E-state index contributed by atoms with van der Waals surface area (Å²) in [6.45, 7) is 1.76. The highest BCUT2D eigenvalue weighted by Crippen LogP contribution is 2.43. The molecule has 0 fully saturated rings. The van der Waals surface area contributed by atoms with Crippen LogP contribution in [0, 0.1) is 0 Å². The number of phosphoric acid groups is 1. The first-order valence-electron chi connectivity index (χ1n) is 14.4. The van der Waals surface area contributed by atoms with Gasteiger partial charge >= 0.3 is 19.8 Å². The van der Waals surface area contributed by atoms with Crippen molar-refractivity contribution in [2.24, 2.45) is 0 Å². The van der Waals surface area contributed by atoms with E-state index in [2.05, 4.69) is 12.2 Å². The number of aldehydes is 1. The van der Waals surface area contributed by atoms with Gasteiger partial charge in [0.2, 0.25) is 0 Å². The van der Waals surface area contributed by atoms with Crippen molar-refractivity contribution in [1.82, 2.24) is 5.32 Å². The lowest BCUT2D eigenvalue weighted by molar-refractivity contribution is -0.161. The molecule has 0 radical (unpaired) electrons. The minimum atomic E-state index is -4.36. The molecule has 0 spiro atoms. The highest BCUT2D eigenvalue weighted by molar-refractivity contribution is 7.47. The van der Waals surface area contributed by atoms with Crippen LogP contribution in [0.5, 0.6) is 0 Å². The standard InChI is InChI=1S/C27H52NO9P/c1-3-4-5-6-7-8-9-10-11-12-13-14-15-18-26(30)34-23-25(37-27(31)19-16-17-21-29)24-36-38(32,33)35-22-20-28-2/h21,25,28H,3-20,22-24H2,1-2H3,(H,32,33)/t25-/m1/s1. The molecule has 0 aliphatic rings. The molecule has 38 heavy (non-hydrogen) atoms. The van der Waals surface area contributed by atoms with Gasteiger partial charge in [-0.05, 0) is 19.9 Å². The van der Waals surface area contributed by atoms with Gasteiger partial charge in [-0.3, -0.25) is 18.6 Å². The zero-order chi connectivity index (χ0) is 28.3. The molecule has 11 heteroatoms. The van der Waals surface area contributed by atoms with Crippen molar-refractivity contribution in [2.45, 2.75) is 122 Å². The molecule has 0 heterocycles. The molecule has 0 aliphatic carbocycles. The molecule has 0 aromatic heterocycles. The van der Waals surface area contributed by atoms with E-state index in [1.807, 2.05) is 0 Å². The Kier molecular flexibility index (Phi) is 25.0. The monoisotopic (exact) mass is 565 g/mol. The van der Waals surface area contributed by atoms with E-state index in [1.54, 1.807) is 7.05 Å². The van der Waals surface area contributed by atoms with Crippen molar-refractivity contribution in [3.63, 3.8) is 0 Å². The minimum absolute atomic E-state index is 0.00238. The number of hydrogen-bond donors (Lipinski definition) is 2. The highest BCUT2D eigenvalue weighted by Gasteiger charge is 2.26.